The predicted octanol–water partition coefficient (Wildman–Crippen LogP) is 3.26. The van der Waals surface area contributed by atoms with Gasteiger partial charge in [0, 0.05) is 7.11 Å². The molecule has 0 aliphatic heterocycles. The van der Waals surface area contributed by atoms with Gasteiger partial charge in [0.05, 0.1) is 29.0 Å². The molecule has 0 bridgehead atoms. The highest BCUT2D eigenvalue weighted by atomic mass is 79.9. The summed E-state index contributed by atoms with van der Waals surface area (Å²) in [6.07, 6.45) is 2.94. The zero-order chi connectivity index (χ0) is 13.0. The van der Waals surface area contributed by atoms with Crippen molar-refractivity contribution in [1.82, 2.24) is 15.0 Å². The maximum Gasteiger partial charge on any atom is 0.0967 e. The Morgan fingerprint density at radius 1 is 1.44 bits per heavy atom. The van der Waals surface area contributed by atoms with E-state index in [9.17, 15) is 0 Å². The largest absolute Gasteiger partial charge is 0.380 e. The molecule has 0 aliphatic carbocycles. The lowest BCUT2D eigenvalue weighted by atomic mass is 10.2. The van der Waals surface area contributed by atoms with Crippen molar-refractivity contribution in [2.24, 2.45) is 0 Å². The van der Waals surface area contributed by atoms with E-state index in [-0.39, 0.29) is 4.83 Å². The number of alkyl halides is 1. The molecular weight excluding hydrogens is 294 g/mol. The Morgan fingerprint density at radius 2 is 2.28 bits per heavy atom. The number of halogens is 1. The first-order chi connectivity index (χ1) is 8.74. The number of hydrogen-bond acceptors (Lipinski definition) is 3. The smallest absolute Gasteiger partial charge is 0.0967 e. The van der Waals surface area contributed by atoms with Crippen LogP contribution in [0.3, 0.4) is 0 Å². The number of nitrogens with zero attached hydrogens (tertiary/aromatic N) is 3. The van der Waals surface area contributed by atoms with Gasteiger partial charge in [-0.3, -0.25) is 0 Å². The third kappa shape index (κ3) is 2.97. The molecule has 1 atom stereocenters. The molecule has 1 unspecified atom stereocenters. The minimum Gasteiger partial charge on any atom is -0.380 e. The minimum atomic E-state index is 0.258. The fourth-order valence-electron chi connectivity index (χ4n) is 1.71. The third-order valence-corrected chi connectivity index (χ3v) is 3.79. The molecule has 0 radical (unpaired) electrons. The van der Waals surface area contributed by atoms with E-state index in [0.29, 0.717) is 6.61 Å². The fraction of sp³-hybridized carbons (Fsp3) is 0.385. The van der Waals surface area contributed by atoms with Crippen LogP contribution in [-0.4, -0.2) is 22.1 Å². The van der Waals surface area contributed by atoms with Crippen molar-refractivity contribution in [2.45, 2.75) is 24.8 Å². The molecule has 5 heteroatoms. The van der Waals surface area contributed by atoms with E-state index in [2.05, 4.69) is 39.2 Å². The summed E-state index contributed by atoms with van der Waals surface area (Å²) >= 11 is 3.57. The van der Waals surface area contributed by atoms with Gasteiger partial charge in [-0.15, -0.1) is 5.10 Å². The maximum absolute atomic E-state index is 5.13. The Hall–Kier alpha value is -1.20. The van der Waals surface area contributed by atoms with Gasteiger partial charge >= 0.3 is 0 Å². The second-order valence-corrected chi connectivity index (χ2v) is 5.17. The van der Waals surface area contributed by atoms with Gasteiger partial charge in [0.1, 0.15) is 0 Å². The van der Waals surface area contributed by atoms with Gasteiger partial charge in [0.25, 0.3) is 0 Å². The first-order valence-electron chi connectivity index (χ1n) is 5.89. The number of ether oxygens (including phenoxy) is 1. The fourth-order valence-corrected chi connectivity index (χ4v) is 1.92. The van der Waals surface area contributed by atoms with Crippen molar-refractivity contribution >= 4 is 15.9 Å². The molecule has 1 aromatic carbocycles. The van der Waals surface area contributed by atoms with Crippen LogP contribution in [0.4, 0.5) is 0 Å². The number of rotatable bonds is 5. The van der Waals surface area contributed by atoms with Gasteiger partial charge in [-0.05, 0) is 24.1 Å². The van der Waals surface area contributed by atoms with E-state index in [1.54, 1.807) is 11.8 Å². The van der Waals surface area contributed by atoms with Crippen LogP contribution in [0.15, 0.2) is 30.5 Å². The number of methoxy groups -OCH3 is 1. The quantitative estimate of drug-likeness (QED) is 0.796. The molecule has 1 aromatic heterocycles. The van der Waals surface area contributed by atoms with E-state index in [4.69, 9.17) is 4.74 Å². The highest BCUT2D eigenvalue weighted by molar-refractivity contribution is 9.09. The summed E-state index contributed by atoms with van der Waals surface area (Å²) in [5.74, 6) is 0. The second kappa shape index (κ2) is 6.11. The third-order valence-electron chi connectivity index (χ3n) is 2.68. The Kier molecular flexibility index (Phi) is 4.49. The summed E-state index contributed by atoms with van der Waals surface area (Å²) in [4.78, 5) is 0.258. The Labute approximate surface area is 115 Å². The highest BCUT2D eigenvalue weighted by Crippen LogP contribution is 2.24. The molecule has 1 heterocycles. The summed E-state index contributed by atoms with van der Waals surface area (Å²) in [5, 5.41) is 8.33. The van der Waals surface area contributed by atoms with Crippen LogP contribution in [0.5, 0.6) is 0 Å². The molecular formula is C13H16BrN3O. The van der Waals surface area contributed by atoms with Crippen LogP contribution in [0.1, 0.15) is 29.4 Å². The van der Waals surface area contributed by atoms with Crippen LogP contribution in [0.25, 0.3) is 5.69 Å². The lowest BCUT2D eigenvalue weighted by Gasteiger charge is -2.04. The second-order valence-electron chi connectivity index (χ2n) is 4.07. The van der Waals surface area contributed by atoms with E-state index in [1.807, 2.05) is 24.4 Å². The van der Waals surface area contributed by atoms with Crippen LogP contribution < -0.4 is 0 Å². The summed E-state index contributed by atoms with van der Waals surface area (Å²) in [7, 11) is 1.69. The van der Waals surface area contributed by atoms with Gasteiger partial charge in [0.15, 0.2) is 0 Å². The van der Waals surface area contributed by atoms with Crippen molar-refractivity contribution in [3.63, 3.8) is 0 Å². The summed E-state index contributed by atoms with van der Waals surface area (Å²) in [5.41, 5.74) is 3.08. The molecule has 0 spiro atoms. The van der Waals surface area contributed by atoms with Crippen molar-refractivity contribution in [2.75, 3.05) is 7.11 Å². The van der Waals surface area contributed by atoms with Gasteiger partial charge < -0.3 is 4.74 Å². The number of aromatic nitrogens is 3. The van der Waals surface area contributed by atoms with Crippen LogP contribution in [0, 0.1) is 0 Å². The van der Waals surface area contributed by atoms with Gasteiger partial charge in [0.2, 0.25) is 0 Å². The standard InChI is InChI=1S/C13H16BrN3O/c1-3-12(14)13-8-17(16-15-13)11-6-4-5-10(7-11)9-18-2/h4-8,12H,3,9H2,1-2H3. The number of benzene rings is 1. The zero-order valence-corrected chi connectivity index (χ0v) is 12.1. The van der Waals surface area contributed by atoms with E-state index in [1.165, 1.54) is 0 Å². The molecule has 4 nitrogen and oxygen atoms in total. The SMILES string of the molecule is CCC(Br)c1cn(-c2cccc(COC)c2)nn1. The molecule has 18 heavy (non-hydrogen) atoms. The van der Waals surface area contributed by atoms with Crippen LogP contribution in [0.2, 0.25) is 0 Å². The molecule has 0 N–H and O–H groups in total. The first kappa shape index (κ1) is 13.2. The molecule has 0 amide bonds. The first-order valence-corrected chi connectivity index (χ1v) is 6.80. The summed E-state index contributed by atoms with van der Waals surface area (Å²) in [6.45, 7) is 2.71. The Morgan fingerprint density at radius 3 is 3.00 bits per heavy atom. The van der Waals surface area contributed by atoms with Crippen molar-refractivity contribution in [3.05, 3.63) is 41.7 Å². The van der Waals surface area contributed by atoms with Crippen LogP contribution >= 0.6 is 15.9 Å². The molecule has 2 aromatic rings. The lowest BCUT2D eigenvalue weighted by Crippen LogP contribution is -1.96. The zero-order valence-electron chi connectivity index (χ0n) is 10.5. The highest BCUT2D eigenvalue weighted by Gasteiger charge is 2.10. The predicted molar refractivity (Wildman–Crippen MR) is 74.0 cm³/mol. The molecule has 96 valence electrons. The van der Waals surface area contributed by atoms with Crippen LogP contribution in [-0.2, 0) is 11.3 Å². The Bertz CT molecular complexity index is 512. The minimum absolute atomic E-state index is 0.258. The van der Waals surface area contributed by atoms with E-state index >= 15 is 0 Å². The normalized spacial score (nSPS) is 12.6. The van der Waals surface area contributed by atoms with Gasteiger partial charge in [-0.1, -0.05) is 40.2 Å². The topological polar surface area (TPSA) is 39.9 Å². The Balaban J connectivity index is 2.25. The maximum atomic E-state index is 5.13. The van der Waals surface area contributed by atoms with E-state index in [0.717, 1.165) is 23.4 Å². The summed E-state index contributed by atoms with van der Waals surface area (Å²) < 4.78 is 6.92. The van der Waals surface area contributed by atoms with Crippen molar-refractivity contribution < 1.29 is 4.74 Å². The molecule has 0 saturated heterocycles. The van der Waals surface area contributed by atoms with Crippen molar-refractivity contribution in [1.29, 1.82) is 0 Å². The number of hydrogen-bond donors (Lipinski definition) is 0. The molecule has 0 saturated carbocycles. The van der Waals surface area contributed by atoms with E-state index < -0.39 is 0 Å². The molecule has 0 aliphatic rings. The van der Waals surface area contributed by atoms with Gasteiger partial charge in [-0.2, -0.15) is 0 Å². The molecule has 2 rings (SSSR count). The average molecular weight is 310 g/mol. The van der Waals surface area contributed by atoms with Crippen molar-refractivity contribution in [3.8, 4) is 5.69 Å². The molecule has 0 fully saturated rings. The van der Waals surface area contributed by atoms with Gasteiger partial charge in [-0.25, -0.2) is 4.68 Å². The average Bonchev–Trinajstić information content (AvgIpc) is 2.88. The monoisotopic (exact) mass is 309 g/mol. The lowest BCUT2D eigenvalue weighted by molar-refractivity contribution is 0.185. The summed E-state index contributed by atoms with van der Waals surface area (Å²) in [6, 6.07) is 8.09.